The Bertz CT molecular complexity index is 633. The van der Waals surface area contributed by atoms with Crippen molar-refractivity contribution in [3.05, 3.63) is 12.4 Å². The summed E-state index contributed by atoms with van der Waals surface area (Å²) in [5, 5.41) is 7.58. The number of aliphatic imine (C=N–C) groups is 1. The van der Waals surface area contributed by atoms with Crippen LogP contribution in [-0.2, 0) is 11.8 Å². The summed E-state index contributed by atoms with van der Waals surface area (Å²) in [5.41, 5.74) is 0.861. The zero-order valence-electron chi connectivity index (χ0n) is 16.2. The van der Waals surface area contributed by atoms with E-state index in [9.17, 15) is 4.79 Å². The van der Waals surface area contributed by atoms with Gasteiger partial charge in [-0.2, -0.15) is 5.10 Å². The van der Waals surface area contributed by atoms with E-state index in [0.29, 0.717) is 13.1 Å². The summed E-state index contributed by atoms with van der Waals surface area (Å²) in [5.74, 6) is 1.75. The summed E-state index contributed by atoms with van der Waals surface area (Å²) in [6.45, 7) is 8.34. The fourth-order valence-corrected chi connectivity index (χ4v) is 3.62. The van der Waals surface area contributed by atoms with Crippen LogP contribution in [0.3, 0.4) is 0 Å². The Morgan fingerprint density at radius 2 is 2.08 bits per heavy atom. The predicted octanol–water partition coefficient (Wildman–Crippen LogP) is 0.376. The normalized spacial score (nSPS) is 20.7. The first-order chi connectivity index (χ1) is 12.6. The average Bonchev–Trinajstić information content (AvgIpc) is 3.06. The molecule has 3 rings (SSSR count). The van der Waals surface area contributed by atoms with Crippen molar-refractivity contribution in [1.82, 2.24) is 24.9 Å². The number of likely N-dealkylation sites (tertiary alicyclic amines) is 1. The van der Waals surface area contributed by atoms with Crippen LogP contribution >= 0.6 is 0 Å². The van der Waals surface area contributed by atoms with Crippen molar-refractivity contribution in [2.45, 2.75) is 19.8 Å². The highest BCUT2D eigenvalue weighted by molar-refractivity contribution is 5.98. The zero-order valence-corrected chi connectivity index (χ0v) is 16.2. The van der Waals surface area contributed by atoms with Crippen molar-refractivity contribution in [2.24, 2.45) is 18.0 Å². The summed E-state index contributed by atoms with van der Waals surface area (Å²) < 4.78 is 1.72. The first-order valence-corrected chi connectivity index (χ1v) is 9.54. The molecule has 0 spiro atoms. The number of amides is 1. The van der Waals surface area contributed by atoms with E-state index >= 15 is 0 Å². The summed E-state index contributed by atoms with van der Waals surface area (Å²) in [7, 11) is 3.64. The molecule has 8 heteroatoms. The summed E-state index contributed by atoms with van der Waals surface area (Å²) >= 11 is 0. The molecule has 0 radical (unpaired) electrons. The van der Waals surface area contributed by atoms with Gasteiger partial charge in [-0.05, 0) is 31.8 Å². The van der Waals surface area contributed by atoms with Crippen LogP contribution in [0.2, 0.25) is 0 Å². The van der Waals surface area contributed by atoms with Crippen molar-refractivity contribution in [2.75, 3.05) is 57.8 Å². The number of aryl methyl sites for hydroxylation is 1. The standard InChI is InChI=1S/C18H31N7O/c1-15-4-7-23(8-5-15)9-6-20-18(19-2)24-10-11-25(17(26)14-24)16-12-21-22(3)13-16/h12-13,15H,4-11,14H2,1-3H3,(H,19,20). The Labute approximate surface area is 155 Å². The molecule has 26 heavy (non-hydrogen) atoms. The third-order valence-electron chi connectivity index (χ3n) is 5.32. The van der Waals surface area contributed by atoms with Crippen LogP contribution in [0.5, 0.6) is 0 Å². The Morgan fingerprint density at radius 3 is 2.69 bits per heavy atom. The average molecular weight is 361 g/mol. The number of piperazine rings is 1. The third kappa shape index (κ3) is 4.55. The maximum absolute atomic E-state index is 12.5. The number of nitrogens with one attached hydrogen (secondary N) is 1. The molecule has 0 bridgehead atoms. The lowest BCUT2D eigenvalue weighted by Crippen LogP contribution is -2.56. The van der Waals surface area contributed by atoms with Crippen LogP contribution in [0, 0.1) is 5.92 Å². The van der Waals surface area contributed by atoms with E-state index in [1.54, 1.807) is 22.8 Å². The molecule has 1 aromatic heterocycles. The number of aromatic nitrogens is 2. The van der Waals surface area contributed by atoms with Gasteiger partial charge in [0.1, 0.15) is 6.54 Å². The molecule has 0 aromatic carbocycles. The van der Waals surface area contributed by atoms with Crippen molar-refractivity contribution in [3.63, 3.8) is 0 Å². The van der Waals surface area contributed by atoms with Crippen LogP contribution in [0.4, 0.5) is 5.69 Å². The molecule has 0 saturated carbocycles. The van der Waals surface area contributed by atoms with E-state index in [-0.39, 0.29) is 5.91 Å². The van der Waals surface area contributed by atoms with Gasteiger partial charge < -0.3 is 20.0 Å². The topological polar surface area (TPSA) is 69.0 Å². The number of piperidine rings is 1. The van der Waals surface area contributed by atoms with Gasteiger partial charge in [0.15, 0.2) is 5.96 Å². The monoisotopic (exact) mass is 361 g/mol. The molecule has 1 amide bonds. The van der Waals surface area contributed by atoms with E-state index in [1.807, 2.05) is 18.1 Å². The first kappa shape index (κ1) is 18.7. The van der Waals surface area contributed by atoms with Crippen molar-refractivity contribution in [3.8, 4) is 0 Å². The van der Waals surface area contributed by atoms with E-state index in [1.165, 1.54) is 25.9 Å². The number of hydrogen-bond acceptors (Lipinski definition) is 4. The van der Waals surface area contributed by atoms with E-state index in [4.69, 9.17) is 0 Å². The summed E-state index contributed by atoms with van der Waals surface area (Å²) in [6.07, 6.45) is 6.19. The van der Waals surface area contributed by atoms with Gasteiger partial charge in [-0.3, -0.25) is 14.5 Å². The first-order valence-electron chi connectivity index (χ1n) is 9.54. The quantitative estimate of drug-likeness (QED) is 0.620. The number of nitrogens with zero attached hydrogens (tertiary/aromatic N) is 6. The minimum atomic E-state index is 0.0808. The molecule has 0 atom stereocenters. The molecule has 0 aliphatic carbocycles. The second kappa shape index (κ2) is 8.53. The second-order valence-electron chi connectivity index (χ2n) is 7.34. The fraction of sp³-hybridized carbons (Fsp3) is 0.722. The number of carbonyl (C=O) groups is 1. The Morgan fingerprint density at radius 1 is 1.31 bits per heavy atom. The number of hydrogen-bond donors (Lipinski definition) is 1. The van der Waals surface area contributed by atoms with Gasteiger partial charge in [-0.1, -0.05) is 6.92 Å². The lowest BCUT2D eigenvalue weighted by atomic mass is 9.99. The fourth-order valence-electron chi connectivity index (χ4n) is 3.62. The van der Waals surface area contributed by atoms with E-state index in [0.717, 1.165) is 37.2 Å². The molecule has 2 saturated heterocycles. The third-order valence-corrected chi connectivity index (χ3v) is 5.32. The maximum atomic E-state index is 12.5. The maximum Gasteiger partial charge on any atom is 0.246 e. The van der Waals surface area contributed by atoms with Crippen molar-refractivity contribution in [1.29, 1.82) is 0 Å². The van der Waals surface area contributed by atoms with E-state index in [2.05, 4.69) is 27.2 Å². The van der Waals surface area contributed by atoms with Gasteiger partial charge in [0.05, 0.1) is 11.9 Å². The Hall–Kier alpha value is -2.09. The van der Waals surface area contributed by atoms with Gasteiger partial charge in [0.25, 0.3) is 0 Å². The highest BCUT2D eigenvalue weighted by Crippen LogP contribution is 2.16. The molecule has 1 aromatic rings. The minimum absolute atomic E-state index is 0.0808. The number of rotatable bonds is 4. The smallest absolute Gasteiger partial charge is 0.246 e. The molecule has 0 unspecified atom stereocenters. The molecule has 2 aliphatic rings. The van der Waals surface area contributed by atoms with Gasteiger partial charge in [-0.25, -0.2) is 0 Å². The van der Waals surface area contributed by atoms with Crippen LogP contribution in [-0.4, -0.2) is 84.3 Å². The van der Waals surface area contributed by atoms with Gasteiger partial charge in [0.2, 0.25) is 5.91 Å². The van der Waals surface area contributed by atoms with Crippen LogP contribution in [0.25, 0.3) is 0 Å². The SMILES string of the molecule is CN=C(NCCN1CCC(C)CC1)N1CCN(c2cnn(C)c2)C(=O)C1. The second-order valence-corrected chi connectivity index (χ2v) is 7.34. The predicted molar refractivity (Wildman–Crippen MR) is 103 cm³/mol. The summed E-state index contributed by atoms with van der Waals surface area (Å²) in [4.78, 5) is 23.2. The highest BCUT2D eigenvalue weighted by atomic mass is 16.2. The molecular weight excluding hydrogens is 330 g/mol. The van der Waals surface area contributed by atoms with Gasteiger partial charge in [0, 0.05) is 46.5 Å². The zero-order chi connectivity index (χ0) is 18.5. The van der Waals surface area contributed by atoms with Gasteiger partial charge in [-0.15, -0.1) is 0 Å². The Balaban J connectivity index is 1.46. The molecule has 8 nitrogen and oxygen atoms in total. The molecule has 2 fully saturated rings. The molecule has 2 aliphatic heterocycles. The van der Waals surface area contributed by atoms with E-state index < -0.39 is 0 Å². The lowest BCUT2D eigenvalue weighted by molar-refractivity contribution is -0.120. The van der Waals surface area contributed by atoms with Crippen molar-refractivity contribution >= 4 is 17.6 Å². The summed E-state index contributed by atoms with van der Waals surface area (Å²) in [6, 6.07) is 0. The molecule has 3 heterocycles. The number of anilines is 1. The largest absolute Gasteiger partial charge is 0.355 e. The van der Waals surface area contributed by atoms with Crippen LogP contribution < -0.4 is 10.2 Å². The molecule has 144 valence electrons. The van der Waals surface area contributed by atoms with Crippen LogP contribution in [0.1, 0.15) is 19.8 Å². The Kier molecular flexibility index (Phi) is 6.13. The number of carbonyl (C=O) groups excluding carboxylic acids is 1. The minimum Gasteiger partial charge on any atom is -0.355 e. The lowest BCUT2D eigenvalue weighted by Gasteiger charge is -2.36. The van der Waals surface area contributed by atoms with Crippen molar-refractivity contribution < 1.29 is 4.79 Å². The van der Waals surface area contributed by atoms with Crippen LogP contribution in [0.15, 0.2) is 17.4 Å². The number of guanidine groups is 1. The molecular formula is C18H31N7O. The molecule has 1 N–H and O–H groups in total. The van der Waals surface area contributed by atoms with Gasteiger partial charge >= 0.3 is 0 Å². The highest BCUT2D eigenvalue weighted by Gasteiger charge is 2.27.